The summed E-state index contributed by atoms with van der Waals surface area (Å²) < 4.78 is 0. The first-order chi connectivity index (χ1) is 22.0. The minimum atomic E-state index is -1.13. The fourth-order valence-corrected chi connectivity index (χ4v) is 3.84. The lowest BCUT2D eigenvalue weighted by molar-refractivity contribution is -0.138. The van der Waals surface area contributed by atoms with Crippen LogP contribution >= 0.6 is 0 Å². The number of nitrogens with one attached hydrogen (secondary N) is 8. The quantitative estimate of drug-likeness (QED) is 0.0391. The Balaban J connectivity index is 4.57. The Morgan fingerprint density at radius 3 is 1.09 bits per heavy atom. The average molecular weight is 673 g/mol. The topological polar surface area (TPSA) is 307 Å². The Bertz CT molecular complexity index is 1180. The molecule has 10 N–H and O–H groups in total. The van der Waals surface area contributed by atoms with Crippen molar-refractivity contribution in [2.24, 2.45) is 0 Å². The molecule has 0 heterocycles. The molecule has 0 fully saturated rings. The Kier molecular flexibility index (Phi) is 20.1. The molecule has 0 rings (SSSR count). The van der Waals surface area contributed by atoms with E-state index in [9.17, 15) is 47.9 Å². The first kappa shape index (κ1) is 42.0. The maximum absolute atomic E-state index is 12.5. The van der Waals surface area contributed by atoms with Gasteiger partial charge >= 0.3 is 11.9 Å². The first-order valence-electron chi connectivity index (χ1n) is 14.6. The van der Waals surface area contributed by atoms with Crippen molar-refractivity contribution in [3.63, 3.8) is 0 Å². The highest BCUT2D eigenvalue weighted by Gasteiger charge is 2.25. The number of carbonyl (C=O) groups excluding carboxylic acids is 8. The highest BCUT2D eigenvalue weighted by Crippen LogP contribution is 2.04. The number of carbonyl (C=O) groups is 10. The standard InChI is InChI=1S/C27H44N8O12/c1-14(36)16(30-27(47)19(29-4)8-12-25(44)45)5-9-20(38)32-34-22(40)13-23(41)35-33-21(39)10-6-18(28-3)26(46)31-17(15(2)37)7-11-24(42)43/h16-19,28-29H,5-13H2,1-4H3,(H,30,47)(H,31,46)(H,32,38)(H,33,39)(H,34,40)(H,35,41)(H,42,43)(H,44,45). The number of carboxylic acid groups (broad SMARTS) is 2. The minimum absolute atomic E-state index is 0.0239. The third kappa shape index (κ3) is 19.2. The number of hydrogen-bond acceptors (Lipinski definition) is 12. The van der Waals surface area contributed by atoms with E-state index >= 15 is 0 Å². The highest BCUT2D eigenvalue weighted by atomic mass is 16.4. The third-order valence-corrected chi connectivity index (χ3v) is 6.56. The van der Waals surface area contributed by atoms with E-state index in [1.807, 2.05) is 16.3 Å². The number of ketones is 2. The second-order valence-electron chi connectivity index (χ2n) is 10.3. The van der Waals surface area contributed by atoms with Crippen LogP contribution in [0.5, 0.6) is 0 Å². The molecule has 0 spiro atoms. The summed E-state index contributed by atoms with van der Waals surface area (Å²) in [5.74, 6) is -7.74. The molecule has 0 bridgehead atoms. The summed E-state index contributed by atoms with van der Waals surface area (Å²) in [4.78, 5) is 118. The second-order valence-corrected chi connectivity index (χ2v) is 10.3. The van der Waals surface area contributed by atoms with E-state index in [2.05, 4.69) is 26.7 Å². The van der Waals surface area contributed by atoms with Crippen LogP contribution in [0.2, 0.25) is 0 Å². The van der Waals surface area contributed by atoms with E-state index in [4.69, 9.17) is 10.2 Å². The predicted molar refractivity (Wildman–Crippen MR) is 160 cm³/mol. The van der Waals surface area contributed by atoms with Crippen LogP contribution in [0, 0.1) is 0 Å². The van der Waals surface area contributed by atoms with Crippen LogP contribution in [0.25, 0.3) is 0 Å². The molecule has 0 aromatic carbocycles. The highest BCUT2D eigenvalue weighted by molar-refractivity contribution is 5.98. The molecule has 20 heteroatoms. The van der Waals surface area contributed by atoms with Crippen LogP contribution in [0.4, 0.5) is 0 Å². The summed E-state index contributed by atoms with van der Waals surface area (Å²) in [5, 5.41) is 27.8. The van der Waals surface area contributed by atoms with Crippen LogP contribution in [-0.4, -0.2) is 107 Å². The Morgan fingerprint density at radius 2 is 0.766 bits per heavy atom. The van der Waals surface area contributed by atoms with Gasteiger partial charge in [0.2, 0.25) is 35.4 Å². The van der Waals surface area contributed by atoms with Crippen molar-refractivity contribution in [3.05, 3.63) is 0 Å². The van der Waals surface area contributed by atoms with Crippen LogP contribution in [0.3, 0.4) is 0 Å². The summed E-state index contributed by atoms with van der Waals surface area (Å²) in [5.41, 5.74) is 8.10. The lowest BCUT2D eigenvalue weighted by Gasteiger charge is -2.20. The molecule has 4 unspecified atom stereocenters. The molecule has 0 radical (unpaired) electrons. The molecule has 0 saturated carbocycles. The number of likely N-dealkylation sites (N-methyl/N-ethyl adjacent to an activating group) is 2. The van der Waals surface area contributed by atoms with Gasteiger partial charge in [0.25, 0.3) is 0 Å². The first-order valence-corrected chi connectivity index (χ1v) is 14.6. The van der Waals surface area contributed by atoms with E-state index < -0.39 is 89.5 Å². The van der Waals surface area contributed by atoms with Gasteiger partial charge in [-0.3, -0.25) is 69.6 Å². The van der Waals surface area contributed by atoms with Crippen molar-refractivity contribution in [2.75, 3.05) is 14.1 Å². The molecule has 0 aromatic heterocycles. The SMILES string of the molecule is CNC(CCC(=O)O)C(=O)NC(CCC(=O)NNC(=O)CC(=O)NNC(=O)CCC(NC)C(=O)NC(CCC(=O)O)C(C)=O)C(C)=O. The fraction of sp³-hybridized carbons (Fsp3) is 0.630. The lowest BCUT2D eigenvalue weighted by atomic mass is 10.1. The van der Waals surface area contributed by atoms with E-state index in [0.29, 0.717) is 0 Å². The Labute approximate surface area is 270 Å². The van der Waals surface area contributed by atoms with Gasteiger partial charge < -0.3 is 31.5 Å². The van der Waals surface area contributed by atoms with Gasteiger partial charge in [-0.2, -0.15) is 0 Å². The van der Waals surface area contributed by atoms with Gasteiger partial charge in [-0.05, 0) is 53.6 Å². The monoisotopic (exact) mass is 672 g/mol. The van der Waals surface area contributed by atoms with Crippen LogP contribution in [0.15, 0.2) is 0 Å². The molecule has 264 valence electrons. The average Bonchev–Trinajstić information content (AvgIpc) is 2.99. The summed E-state index contributed by atoms with van der Waals surface area (Å²) in [6, 6.07) is -3.87. The zero-order valence-electron chi connectivity index (χ0n) is 26.7. The summed E-state index contributed by atoms with van der Waals surface area (Å²) in [6.45, 7) is 2.40. The van der Waals surface area contributed by atoms with Crippen molar-refractivity contribution < 1.29 is 58.2 Å². The molecule has 0 aromatic rings. The van der Waals surface area contributed by atoms with E-state index in [1.165, 1.54) is 27.9 Å². The van der Waals surface area contributed by atoms with Gasteiger partial charge in [0, 0.05) is 25.7 Å². The number of amides is 6. The van der Waals surface area contributed by atoms with Crippen LogP contribution < -0.4 is 43.0 Å². The molecule has 0 aliphatic rings. The van der Waals surface area contributed by atoms with Gasteiger partial charge in [0.15, 0.2) is 11.6 Å². The van der Waals surface area contributed by atoms with Crippen molar-refractivity contribution in [3.8, 4) is 0 Å². The molecule has 20 nitrogen and oxygen atoms in total. The van der Waals surface area contributed by atoms with Crippen LogP contribution in [-0.2, 0) is 47.9 Å². The van der Waals surface area contributed by atoms with Crippen molar-refractivity contribution in [1.82, 2.24) is 43.0 Å². The number of Topliss-reactive ketones (excluding diaryl/α,β-unsaturated/α-hetero) is 2. The largest absolute Gasteiger partial charge is 0.481 e. The second kappa shape index (κ2) is 22.5. The number of aliphatic carboxylic acids is 2. The maximum Gasteiger partial charge on any atom is 0.303 e. The number of carboxylic acids is 2. The summed E-state index contributed by atoms with van der Waals surface area (Å²) in [7, 11) is 2.89. The third-order valence-electron chi connectivity index (χ3n) is 6.56. The van der Waals surface area contributed by atoms with Gasteiger partial charge in [-0.1, -0.05) is 0 Å². The molecular formula is C27H44N8O12. The van der Waals surface area contributed by atoms with Gasteiger partial charge in [0.1, 0.15) is 6.42 Å². The molecule has 47 heavy (non-hydrogen) atoms. The molecule has 4 atom stereocenters. The van der Waals surface area contributed by atoms with Gasteiger partial charge in [-0.25, -0.2) is 0 Å². The molecule has 0 aliphatic carbocycles. The molecule has 6 amide bonds. The minimum Gasteiger partial charge on any atom is -0.481 e. The summed E-state index contributed by atoms with van der Waals surface area (Å²) in [6.07, 6.45) is -2.32. The number of rotatable bonds is 22. The Morgan fingerprint density at radius 1 is 0.468 bits per heavy atom. The normalized spacial score (nSPS) is 13.0. The van der Waals surface area contributed by atoms with Crippen molar-refractivity contribution in [1.29, 1.82) is 0 Å². The van der Waals surface area contributed by atoms with Crippen molar-refractivity contribution in [2.45, 2.75) is 95.8 Å². The lowest BCUT2D eigenvalue weighted by Crippen LogP contribution is -2.50. The maximum atomic E-state index is 12.5. The molecular weight excluding hydrogens is 628 g/mol. The number of hydrogen-bond donors (Lipinski definition) is 10. The van der Waals surface area contributed by atoms with Crippen LogP contribution in [0.1, 0.15) is 71.6 Å². The molecule has 0 aliphatic heterocycles. The van der Waals surface area contributed by atoms with Crippen molar-refractivity contribution >= 4 is 58.9 Å². The smallest absolute Gasteiger partial charge is 0.303 e. The van der Waals surface area contributed by atoms with E-state index in [1.54, 1.807) is 0 Å². The van der Waals surface area contributed by atoms with Gasteiger partial charge in [0.05, 0.1) is 24.2 Å². The van der Waals surface area contributed by atoms with E-state index in [0.717, 1.165) is 0 Å². The zero-order chi connectivity index (χ0) is 36.1. The van der Waals surface area contributed by atoms with Gasteiger partial charge in [-0.15, -0.1) is 0 Å². The Hall–Kier alpha value is -4.98. The fourth-order valence-electron chi connectivity index (χ4n) is 3.84. The summed E-state index contributed by atoms with van der Waals surface area (Å²) >= 11 is 0. The number of hydrazine groups is 2. The molecule has 0 saturated heterocycles. The predicted octanol–water partition coefficient (Wildman–Crippen LogP) is -3.72. The zero-order valence-corrected chi connectivity index (χ0v) is 26.7. The van der Waals surface area contributed by atoms with E-state index in [-0.39, 0.29) is 51.4 Å².